The molecule has 0 unspecified atom stereocenters. The van der Waals surface area contributed by atoms with Crippen LogP contribution in [0.15, 0.2) is 24.3 Å². The topological polar surface area (TPSA) is 95.9 Å². The van der Waals surface area contributed by atoms with Gasteiger partial charge in [-0.05, 0) is 24.1 Å². The molecule has 0 spiro atoms. The summed E-state index contributed by atoms with van der Waals surface area (Å²) in [6.07, 6.45) is 0.646. The van der Waals surface area contributed by atoms with Gasteiger partial charge in [0, 0.05) is 6.54 Å². The highest BCUT2D eigenvalue weighted by atomic mass is 32.2. The lowest BCUT2D eigenvalue weighted by atomic mass is 10.1. The first-order valence-corrected chi connectivity index (χ1v) is 8.26. The van der Waals surface area contributed by atoms with E-state index in [0.29, 0.717) is 30.3 Å². The molecule has 2 N–H and O–H groups in total. The van der Waals surface area contributed by atoms with Gasteiger partial charge < -0.3 is 20.1 Å². The molecule has 23 heavy (non-hydrogen) atoms. The molecule has 2 amide bonds. The van der Waals surface area contributed by atoms with Gasteiger partial charge in [0.05, 0.1) is 11.6 Å². The number of hydrogen-bond donors (Lipinski definition) is 2. The fraction of sp³-hybridized carbons (Fsp3) is 0.400. The second-order valence-corrected chi connectivity index (χ2v) is 5.95. The minimum atomic E-state index is -1.02. The summed E-state index contributed by atoms with van der Waals surface area (Å²) in [5, 5.41) is 11.3. The molecule has 1 saturated heterocycles. The minimum Gasteiger partial charge on any atom is -0.482 e. The van der Waals surface area contributed by atoms with Crippen molar-refractivity contribution < 1.29 is 24.2 Å². The first-order chi connectivity index (χ1) is 11.0. The Hall–Kier alpha value is -2.22. The fourth-order valence-electron chi connectivity index (χ4n) is 2.01. The van der Waals surface area contributed by atoms with Crippen molar-refractivity contribution in [1.29, 1.82) is 0 Å². The van der Waals surface area contributed by atoms with Gasteiger partial charge in [-0.3, -0.25) is 9.59 Å². The van der Waals surface area contributed by atoms with E-state index < -0.39 is 5.97 Å². The minimum absolute atomic E-state index is 0.00194. The summed E-state index contributed by atoms with van der Waals surface area (Å²) in [5.74, 6) is 0.328. The molecule has 1 aromatic carbocycles. The summed E-state index contributed by atoms with van der Waals surface area (Å²) in [6, 6.07) is 7.04. The third-order valence-corrected chi connectivity index (χ3v) is 4.13. The number of nitrogens with one attached hydrogen (secondary N) is 1. The van der Waals surface area contributed by atoms with Gasteiger partial charge in [-0.2, -0.15) is 0 Å². The average Bonchev–Trinajstić information content (AvgIpc) is 2.91. The van der Waals surface area contributed by atoms with Crippen molar-refractivity contribution in [2.45, 2.75) is 6.42 Å². The number of ether oxygens (including phenoxy) is 1. The predicted octanol–water partition coefficient (Wildman–Crippen LogP) is 0.342. The lowest BCUT2D eigenvalue weighted by Gasteiger charge is -2.14. The van der Waals surface area contributed by atoms with Crippen LogP contribution in [0, 0.1) is 0 Å². The van der Waals surface area contributed by atoms with Crippen LogP contribution in [0.25, 0.3) is 0 Å². The molecule has 0 saturated carbocycles. The number of benzene rings is 1. The highest BCUT2D eigenvalue weighted by Gasteiger charge is 2.22. The monoisotopic (exact) mass is 338 g/mol. The van der Waals surface area contributed by atoms with E-state index in [1.54, 1.807) is 12.1 Å². The first-order valence-electron chi connectivity index (χ1n) is 7.10. The van der Waals surface area contributed by atoms with E-state index in [1.807, 2.05) is 12.1 Å². The zero-order valence-electron chi connectivity index (χ0n) is 12.5. The van der Waals surface area contributed by atoms with E-state index in [4.69, 9.17) is 9.84 Å². The second kappa shape index (κ2) is 8.42. The van der Waals surface area contributed by atoms with Crippen LogP contribution in [0.5, 0.6) is 5.75 Å². The Labute approximate surface area is 138 Å². The third kappa shape index (κ3) is 5.82. The summed E-state index contributed by atoms with van der Waals surface area (Å²) in [5.41, 5.74) is 1.00. The summed E-state index contributed by atoms with van der Waals surface area (Å²) in [4.78, 5) is 35.1. The molecule has 7 nitrogen and oxygen atoms in total. The van der Waals surface area contributed by atoms with Gasteiger partial charge in [-0.25, -0.2) is 4.79 Å². The molecule has 8 heteroatoms. The Morgan fingerprint density at radius 1 is 1.30 bits per heavy atom. The van der Waals surface area contributed by atoms with Crippen LogP contribution in [-0.4, -0.2) is 59.1 Å². The maximum absolute atomic E-state index is 11.7. The largest absolute Gasteiger partial charge is 0.482 e. The van der Waals surface area contributed by atoms with Crippen LogP contribution in [0.4, 0.5) is 0 Å². The number of carbonyl (C=O) groups is 3. The summed E-state index contributed by atoms with van der Waals surface area (Å²) in [7, 11) is 0. The summed E-state index contributed by atoms with van der Waals surface area (Å²) in [6.45, 7) is 0.208. The number of carbonyl (C=O) groups excluding carboxylic acids is 2. The van der Waals surface area contributed by atoms with E-state index in [-0.39, 0.29) is 25.0 Å². The zero-order chi connectivity index (χ0) is 16.7. The highest BCUT2D eigenvalue weighted by Crippen LogP contribution is 2.14. The van der Waals surface area contributed by atoms with E-state index in [1.165, 1.54) is 16.7 Å². The van der Waals surface area contributed by atoms with E-state index in [2.05, 4.69) is 5.32 Å². The fourth-order valence-corrected chi connectivity index (χ4v) is 2.92. The van der Waals surface area contributed by atoms with Crippen molar-refractivity contribution in [2.24, 2.45) is 0 Å². The van der Waals surface area contributed by atoms with Crippen LogP contribution in [0.1, 0.15) is 5.56 Å². The van der Waals surface area contributed by atoms with Crippen molar-refractivity contribution in [3.63, 3.8) is 0 Å². The van der Waals surface area contributed by atoms with Crippen molar-refractivity contribution in [3.05, 3.63) is 29.8 Å². The van der Waals surface area contributed by atoms with E-state index in [0.717, 1.165) is 5.56 Å². The van der Waals surface area contributed by atoms with Gasteiger partial charge >= 0.3 is 5.97 Å². The third-order valence-electron chi connectivity index (χ3n) is 3.18. The molecule has 1 aliphatic rings. The maximum Gasteiger partial charge on any atom is 0.341 e. The highest BCUT2D eigenvalue weighted by molar-refractivity contribution is 8.00. The molecule has 0 aliphatic carbocycles. The Bertz CT molecular complexity index is 576. The normalized spacial score (nSPS) is 13.9. The Kier molecular flexibility index (Phi) is 6.28. The van der Waals surface area contributed by atoms with Gasteiger partial charge in [-0.15, -0.1) is 11.8 Å². The number of thioether (sulfide) groups is 1. The molecule has 1 aromatic rings. The molecular weight excluding hydrogens is 320 g/mol. The number of nitrogens with zero attached hydrogens (tertiary/aromatic N) is 1. The molecule has 1 fully saturated rings. The number of amides is 2. The molecule has 0 bridgehead atoms. The lowest BCUT2D eigenvalue weighted by Crippen LogP contribution is -2.38. The van der Waals surface area contributed by atoms with E-state index in [9.17, 15) is 14.4 Å². The Morgan fingerprint density at radius 3 is 2.65 bits per heavy atom. The average molecular weight is 338 g/mol. The van der Waals surface area contributed by atoms with Crippen molar-refractivity contribution in [2.75, 3.05) is 31.3 Å². The summed E-state index contributed by atoms with van der Waals surface area (Å²) < 4.78 is 5.04. The smallest absolute Gasteiger partial charge is 0.341 e. The molecule has 124 valence electrons. The number of carboxylic acid groups (broad SMARTS) is 1. The van der Waals surface area contributed by atoms with Crippen LogP contribution in [-0.2, 0) is 20.8 Å². The molecular formula is C15H18N2O5S. The summed E-state index contributed by atoms with van der Waals surface area (Å²) >= 11 is 1.51. The second-order valence-electron chi connectivity index (χ2n) is 5.00. The molecule has 2 rings (SSSR count). The number of rotatable bonds is 8. The first kappa shape index (κ1) is 17.1. The van der Waals surface area contributed by atoms with Gasteiger partial charge in [0.1, 0.15) is 12.3 Å². The maximum atomic E-state index is 11.7. The Morgan fingerprint density at radius 2 is 2.04 bits per heavy atom. The standard InChI is InChI=1S/C15H18N2O5S/c18-13(7-17-10-23-9-14(17)19)16-6-5-11-1-3-12(4-2-11)22-8-15(20)21/h1-4H,5-10H2,(H,16,18)(H,20,21). The Balaban J connectivity index is 1.68. The zero-order valence-corrected chi connectivity index (χ0v) is 13.3. The molecule has 0 radical (unpaired) electrons. The number of hydrogen-bond acceptors (Lipinski definition) is 5. The van der Waals surface area contributed by atoms with Gasteiger partial charge in [0.2, 0.25) is 11.8 Å². The van der Waals surface area contributed by atoms with Crippen LogP contribution in [0.3, 0.4) is 0 Å². The van der Waals surface area contributed by atoms with Crippen LogP contribution < -0.4 is 10.1 Å². The molecule has 1 heterocycles. The molecule has 0 atom stereocenters. The molecule has 0 aromatic heterocycles. The van der Waals surface area contributed by atoms with Crippen molar-refractivity contribution in [1.82, 2.24) is 10.2 Å². The molecule has 1 aliphatic heterocycles. The van der Waals surface area contributed by atoms with Crippen molar-refractivity contribution in [3.8, 4) is 5.75 Å². The van der Waals surface area contributed by atoms with Gasteiger partial charge in [0.25, 0.3) is 0 Å². The SMILES string of the molecule is O=C(O)COc1ccc(CCNC(=O)CN2CSCC2=O)cc1. The lowest BCUT2D eigenvalue weighted by molar-refractivity contribution is -0.139. The quantitative estimate of drug-likeness (QED) is 0.710. The van der Waals surface area contributed by atoms with Crippen LogP contribution >= 0.6 is 11.8 Å². The van der Waals surface area contributed by atoms with E-state index >= 15 is 0 Å². The van der Waals surface area contributed by atoms with Gasteiger partial charge in [0.15, 0.2) is 6.61 Å². The number of aliphatic carboxylic acids is 1. The van der Waals surface area contributed by atoms with Crippen LogP contribution in [0.2, 0.25) is 0 Å². The van der Waals surface area contributed by atoms with Gasteiger partial charge in [-0.1, -0.05) is 12.1 Å². The van der Waals surface area contributed by atoms with Crippen molar-refractivity contribution >= 4 is 29.5 Å². The number of carboxylic acids is 1. The predicted molar refractivity (Wildman–Crippen MR) is 85.3 cm³/mol.